The van der Waals surface area contributed by atoms with Crippen LogP contribution in [0.4, 0.5) is 0 Å². The zero-order valence-electron chi connectivity index (χ0n) is 25.3. The molecule has 1 fully saturated rings. The molecule has 1 saturated heterocycles. The van der Waals surface area contributed by atoms with Gasteiger partial charge >= 0.3 is 0 Å². The number of pyridine rings is 4. The Balaban J connectivity index is 1.08. The van der Waals surface area contributed by atoms with Gasteiger partial charge in [0.1, 0.15) is 0 Å². The molecule has 2 N–H and O–H groups in total. The van der Waals surface area contributed by atoms with E-state index in [-0.39, 0.29) is 0 Å². The van der Waals surface area contributed by atoms with Crippen molar-refractivity contribution in [2.24, 2.45) is 0 Å². The van der Waals surface area contributed by atoms with Crippen molar-refractivity contribution in [3.05, 3.63) is 120 Å². The molecular weight excluding hydrogens is 552 g/mol. The molecule has 232 valence electrons. The summed E-state index contributed by atoms with van der Waals surface area (Å²) in [6.45, 7) is 8.32. The van der Waals surface area contributed by atoms with Crippen LogP contribution in [0.2, 0.25) is 0 Å². The fourth-order valence-electron chi connectivity index (χ4n) is 5.72. The molecule has 0 saturated carbocycles. The van der Waals surface area contributed by atoms with Crippen LogP contribution in [-0.2, 0) is 26.2 Å². The average molecular weight is 597 g/mol. The molecule has 0 radical (unpaired) electrons. The van der Waals surface area contributed by atoms with Gasteiger partial charge in [-0.2, -0.15) is 0 Å². The van der Waals surface area contributed by atoms with E-state index in [1.54, 1.807) is 24.8 Å². The molecule has 0 aromatic carbocycles. The molecule has 44 heavy (non-hydrogen) atoms. The van der Waals surface area contributed by atoms with Crippen molar-refractivity contribution in [3.63, 3.8) is 0 Å². The van der Waals surface area contributed by atoms with Crippen molar-refractivity contribution in [2.45, 2.75) is 38.4 Å². The number of rotatable bonds is 16. The number of aromatic nitrogens is 4. The highest BCUT2D eigenvalue weighted by molar-refractivity contribution is 5.08. The zero-order chi connectivity index (χ0) is 30.4. The molecule has 10 heteroatoms. The van der Waals surface area contributed by atoms with E-state index in [1.807, 2.05) is 72.8 Å². The summed E-state index contributed by atoms with van der Waals surface area (Å²) in [7, 11) is 0. The largest absolute Gasteiger partial charge is 0.390 e. The SMILES string of the molecule is O[C@@H](CN1CCN(C[C@H](O)CN(Cc2ccccn2)Cc2ccccn2)CC1)CN(Cc1ccccn1)Cc1ccccn1. The Hall–Kier alpha value is -3.64. The quantitative estimate of drug-likeness (QED) is 0.200. The number of β-amino-alcohol motifs (C(OH)–C–C–N with tert-alkyl or cyclic N) is 2. The van der Waals surface area contributed by atoms with E-state index in [9.17, 15) is 10.2 Å². The lowest BCUT2D eigenvalue weighted by Crippen LogP contribution is -2.52. The van der Waals surface area contributed by atoms with E-state index in [4.69, 9.17) is 0 Å². The summed E-state index contributed by atoms with van der Waals surface area (Å²) in [5, 5.41) is 22.2. The number of hydrogen-bond acceptors (Lipinski definition) is 10. The van der Waals surface area contributed by atoms with Crippen LogP contribution >= 0.6 is 0 Å². The fourth-order valence-corrected chi connectivity index (χ4v) is 5.72. The third kappa shape index (κ3) is 10.8. The predicted molar refractivity (Wildman–Crippen MR) is 170 cm³/mol. The lowest BCUT2D eigenvalue weighted by molar-refractivity contribution is 0.0248. The number of aliphatic hydroxyl groups excluding tert-OH is 2. The molecule has 10 nitrogen and oxygen atoms in total. The maximum Gasteiger partial charge on any atom is 0.0794 e. The maximum atomic E-state index is 11.1. The molecule has 0 spiro atoms. The Labute approximate surface area is 260 Å². The van der Waals surface area contributed by atoms with Crippen LogP contribution < -0.4 is 0 Å². The van der Waals surface area contributed by atoms with E-state index in [0.717, 1.165) is 49.0 Å². The van der Waals surface area contributed by atoms with Crippen LogP contribution in [-0.4, -0.2) is 114 Å². The fraction of sp³-hybridized carbons (Fsp3) is 0.412. The summed E-state index contributed by atoms with van der Waals surface area (Å²) < 4.78 is 0. The van der Waals surface area contributed by atoms with Crippen LogP contribution in [0.15, 0.2) is 97.6 Å². The molecule has 5 heterocycles. The molecule has 0 unspecified atom stereocenters. The van der Waals surface area contributed by atoms with Crippen LogP contribution in [0.3, 0.4) is 0 Å². The second-order valence-corrected chi connectivity index (χ2v) is 11.5. The first-order valence-corrected chi connectivity index (χ1v) is 15.4. The molecule has 0 aliphatic carbocycles. The number of piperazine rings is 1. The van der Waals surface area contributed by atoms with Crippen molar-refractivity contribution in [1.82, 2.24) is 39.5 Å². The van der Waals surface area contributed by atoms with Gasteiger partial charge in [-0.15, -0.1) is 0 Å². The highest BCUT2D eigenvalue weighted by atomic mass is 16.3. The Morgan fingerprint density at radius 2 is 0.795 bits per heavy atom. The second kappa shape index (κ2) is 17.0. The van der Waals surface area contributed by atoms with E-state index >= 15 is 0 Å². The van der Waals surface area contributed by atoms with Gasteiger partial charge in [0.05, 0.1) is 35.0 Å². The zero-order valence-corrected chi connectivity index (χ0v) is 25.3. The first-order valence-electron chi connectivity index (χ1n) is 15.4. The van der Waals surface area contributed by atoms with E-state index in [1.165, 1.54) is 0 Å². The summed E-state index contributed by atoms with van der Waals surface area (Å²) in [6, 6.07) is 23.7. The van der Waals surface area contributed by atoms with E-state index in [0.29, 0.717) is 52.4 Å². The minimum Gasteiger partial charge on any atom is -0.390 e. The first kappa shape index (κ1) is 31.8. The normalized spacial score (nSPS) is 15.9. The summed E-state index contributed by atoms with van der Waals surface area (Å²) >= 11 is 0. The lowest BCUT2D eigenvalue weighted by atomic mass is 10.2. The molecule has 1 aliphatic heterocycles. The molecule has 0 amide bonds. The minimum atomic E-state index is -0.494. The predicted octanol–water partition coefficient (Wildman–Crippen LogP) is 2.31. The van der Waals surface area contributed by atoms with Gasteiger partial charge in [0.15, 0.2) is 0 Å². The third-order valence-corrected chi connectivity index (χ3v) is 7.79. The van der Waals surface area contributed by atoms with Crippen molar-refractivity contribution in [2.75, 3.05) is 52.4 Å². The van der Waals surface area contributed by atoms with Crippen LogP contribution in [0.1, 0.15) is 22.8 Å². The van der Waals surface area contributed by atoms with Gasteiger partial charge in [0, 0.05) is 103 Å². The monoisotopic (exact) mass is 596 g/mol. The number of aliphatic hydroxyl groups is 2. The Morgan fingerprint density at radius 1 is 0.500 bits per heavy atom. The lowest BCUT2D eigenvalue weighted by Gasteiger charge is -2.37. The topological polar surface area (TPSA) is 105 Å². The molecular formula is C34H44N8O2. The highest BCUT2D eigenvalue weighted by Gasteiger charge is 2.23. The molecule has 4 aromatic rings. The Bertz CT molecular complexity index is 1140. The Morgan fingerprint density at radius 3 is 1.05 bits per heavy atom. The van der Waals surface area contributed by atoms with Gasteiger partial charge < -0.3 is 10.2 Å². The van der Waals surface area contributed by atoms with Gasteiger partial charge in [-0.05, 0) is 48.5 Å². The Kier molecular flexibility index (Phi) is 12.3. The first-order chi connectivity index (χ1) is 21.6. The van der Waals surface area contributed by atoms with Gasteiger partial charge in [-0.1, -0.05) is 24.3 Å². The molecule has 2 atom stereocenters. The maximum absolute atomic E-state index is 11.1. The van der Waals surface area contributed by atoms with Crippen LogP contribution in [0.5, 0.6) is 0 Å². The molecule has 1 aliphatic rings. The second-order valence-electron chi connectivity index (χ2n) is 11.5. The van der Waals surface area contributed by atoms with Crippen molar-refractivity contribution < 1.29 is 10.2 Å². The molecule has 4 aromatic heterocycles. The average Bonchev–Trinajstić information content (AvgIpc) is 3.04. The molecule has 0 bridgehead atoms. The van der Waals surface area contributed by atoms with Gasteiger partial charge in [0.2, 0.25) is 0 Å². The summed E-state index contributed by atoms with van der Waals surface area (Å²) in [6.07, 6.45) is 6.23. The van der Waals surface area contributed by atoms with Gasteiger partial charge in [-0.25, -0.2) is 0 Å². The van der Waals surface area contributed by atoms with E-state index in [2.05, 4.69) is 39.5 Å². The third-order valence-electron chi connectivity index (χ3n) is 7.79. The summed E-state index contributed by atoms with van der Waals surface area (Å²) in [4.78, 5) is 27.0. The van der Waals surface area contributed by atoms with Gasteiger partial charge in [-0.3, -0.25) is 39.5 Å². The minimum absolute atomic E-state index is 0.494. The van der Waals surface area contributed by atoms with Crippen molar-refractivity contribution in [1.29, 1.82) is 0 Å². The van der Waals surface area contributed by atoms with Crippen molar-refractivity contribution >= 4 is 0 Å². The number of nitrogens with zero attached hydrogens (tertiary/aromatic N) is 8. The van der Waals surface area contributed by atoms with E-state index < -0.39 is 12.2 Å². The number of hydrogen-bond donors (Lipinski definition) is 2. The van der Waals surface area contributed by atoms with Crippen LogP contribution in [0, 0.1) is 0 Å². The summed E-state index contributed by atoms with van der Waals surface area (Å²) in [5.41, 5.74) is 3.89. The summed E-state index contributed by atoms with van der Waals surface area (Å²) in [5.74, 6) is 0. The molecule has 5 rings (SSSR count). The standard InChI is InChI=1S/C34H44N8O2/c43-33(27-41(21-29-9-1-5-13-35-29)22-30-10-2-6-14-36-30)25-39-17-19-40(20-18-39)26-34(44)28-42(23-31-11-3-7-15-37-31)24-32-12-4-8-16-38-32/h1-16,33-34,43-44H,17-28H2/t33-,34-/m0/s1. The highest BCUT2D eigenvalue weighted by Crippen LogP contribution is 2.12. The van der Waals surface area contributed by atoms with Gasteiger partial charge in [0.25, 0.3) is 0 Å². The van der Waals surface area contributed by atoms with Crippen LogP contribution in [0.25, 0.3) is 0 Å². The smallest absolute Gasteiger partial charge is 0.0794 e. The van der Waals surface area contributed by atoms with Crippen molar-refractivity contribution in [3.8, 4) is 0 Å².